The fourth-order valence-corrected chi connectivity index (χ4v) is 3.58. The molecule has 0 radical (unpaired) electrons. The molecule has 0 aliphatic heterocycles. The molecular weight excluding hydrogens is 498 g/mol. The normalized spacial score (nSPS) is 16.2. The summed E-state index contributed by atoms with van der Waals surface area (Å²) in [6, 6.07) is 6.70. The Hall–Kier alpha value is -1.23. The Kier molecular flexibility index (Phi) is 11.1. The van der Waals surface area contributed by atoms with Crippen molar-refractivity contribution in [1.82, 2.24) is 10.6 Å². The highest BCUT2D eigenvalue weighted by Crippen LogP contribution is 2.40. The maximum atomic E-state index is 12.4. The summed E-state index contributed by atoms with van der Waals surface area (Å²) in [5.74, 6) is 0.837. The summed E-state index contributed by atoms with van der Waals surface area (Å²) in [6.45, 7) is 0.539. The quantitative estimate of drug-likeness (QED) is 0.281. The van der Waals surface area contributed by atoms with Crippen LogP contribution in [0.4, 0.5) is 13.2 Å². The van der Waals surface area contributed by atoms with Crippen molar-refractivity contribution < 1.29 is 22.6 Å². The lowest BCUT2D eigenvalue weighted by Gasteiger charge is -2.30. The Morgan fingerprint density at radius 2 is 1.86 bits per heavy atom. The number of rotatable bonds is 9. The van der Waals surface area contributed by atoms with Crippen molar-refractivity contribution in [3.8, 4) is 5.75 Å². The zero-order chi connectivity index (χ0) is 20.5. The van der Waals surface area contributed by atoms with Crippen molar-refractivity contribution in [2.45, 2.75) is 44.8 Å². The number of benzene rings is 1. The van der Waals surface area contributed by atoms with Gasteiger partial charge in [-0.15, -0.1) is 24.0 Å². The Morgan fingerprint density at radius 1 is 1.17 bits per heavy atom. The van der Waals surface area contributed by atoms with Gasteiger partial charge in [-0.25, -0.2) is 0 Å². The average Bonchev–Trinajstić information content (AvgIpc) is 3.14. The molecule has 0 spiro atoms. The molecule has 1 aliphatic carbocycles. The first kappa shape index (κ1) is 25.8. The van der Waals surface area contributed by atoms with Gasteiger partial charge in [0.25, 0.3) is 0 Å². The Morgan fingerprint density at radius 3 is 2.48 bits per heavy atom. The number of aliphatic imine (C=N–C) groups is 1. The van der Waals surface area contributed by atoms with Crippen LogP contribution in [-0.4, -0.2) is 46.1 Å². The molecule has 0 aromatic heterocycles. The van der Waals surface area contributed by atoms with Gasteiger partial charge in [0.05, 0.1) is 0 Å². The molecule has 1 aromatic rings. The molecule has 0 heterocycles. The molecule has 9 heteroatoms. The van der Waals surface area contributed by atoms with Gasteiger partial charge in [0.1, 0.15) is 5.75 Å². The van der Waals surface area contributed by atoms with Crippen molar-refractivity contribution in [1.29, 1.82) is 0 Å². The number of hydrogen-bond donors (Lipinski definition) is 2. The van der Waals surface area contributed by atoms with Gasteiger partial charge in [-0.2, -0.15) is 13.2 Å². The molecule has 0 amide bonds. The SMILES string of the molecule is CN=C(NCc1ccccc1OCC(F)(F)F)NCC1(CCOC)CCCC1.I. The van der Waals surface area contributed by atoms with Crippen LogP contribution in [-0.2, 0) is 11.3 Å². The Balaban J connectivity index is 0.00000420. The number of nitrogens with one attached hydrogen (secondary N) is 2. The van der Waals surface area contributed by atoms with Gasteiger partial charge in [0.15, 0.2) is 12.6 Å². The molecule has 1 aromatic carbocycles. The largest absolute Gasteiger partial charge is 0.484 e. The van der Waals surface area contributed by atoms with E-state index in [2.05, 4.69) is 15.6 Å². The van der Waals surface area contributed by atoms with Crippen LogP contribution in [0.1, 0.15) is 37.7 Å². The average molecular weight is 529 g/mol. The highest BCUT2D eigenvalue weighted by atomic mass is 127. The lowest BCUT2D eigenvalue weighted by molar-refractivity contribution is -0.153. The van der Waals surface area contributed by atoms with Gasteiger partial charge in [-0.3, -0.25) is 4.99 Å². The Labute approximate surface area is 187 Å². The van der Waals surface area contributed by atoms with Crippen LogP contribution in [0, 0.1) is 5.41 Å². The number of halogens is 4. The molecule has 0 saturated heterocycles. The Bertz CT molecular complexity index is 636. The number of nitrogens with zero attached hydrogens (tertiary/aromatic N) is 1. The molecule has 1 fully saturated rings. The highest BCUT2D eigenvalue weighted by Gasteiger charge is 2.33. The number of alkyl halides is 3. The summed E-state index contributed by atoms with van der Waals surface area (Å²) in [7, 11) is 3.40. The molecule has 0 bridgehead atoms. The fraction of sp³-hybridized carbons (Fsp3) is 0.650. The first-order valence-electron chi connectivity index (χ1n) is 9.58. The van der Waals surface area contributed by atoms with E-state index in [0.717, 1.165) is 32.4 Å². The monoisotopic (exact) mass is 529 g/mol. The molecule has 5 nitrogen and oxygen atoms in total. The summed E-state index contributed by atoms with van der Waals surface area (Å²) in [5, 5.41) is 6.54. The van der Waals surface area contributed by atoms with Crippen LogP contribution in [0.25, 0.3) is 0 Å². The standard InChI is InChI=1S/C20H30F3N3O2.HI/c1-24-18(26-14-19(11-12-27-2)9-5-6-10-19)25-13-16-7-3-4-8-17(16)28-15-20(21,22)23;/h3-4,7-8H,5-6,9-15H2,1-2H3,(H2,24,25,26);1H. The van der Waals surface area contributed by atoms with E-state index in [1.165, 1.54) is 18.9 Å². The number of methoxy groups -OCH3 is 1. The summed E-state index contributed by atoms with van der Waals surface area (Å²) in [6.07, 6.45) is 1.41. The van der Waals surface area contributed by atoms with E-state index in [-0.39, 0.29) is 35.1 Å². The van der Waals surface area contributed by atoms with Crippen LogP contribution in [0.5, 0.6) is 5.75 Å². The van der Waals surface area contributed by atoms with Gasteiger partial charge in [0.2, 0.25) is 0 Å². The van der Waals surface area contributed by atoms with E-state index in [1.54, 1.807) is 32.4 Å². The van der Waals surface area contributed by atoms with E-state index >= 15 is 0 Å². The maximum Gasteiger partial charge on any atom is 0.422 e. The highest BCUT2D eigenvalue weighted by molar-refractivity contribution is 14.0. The lowest BCUT2D eigenvalue weighted by atomic mass is 9.83. The smallest absolute Gasteiger partial charge is 0.422 e. The van der Waals surface area contributed by atoms with Crippen molar-refractivity contribution in [3.63, 3.8) is 0 Å². The predicted molar refractivity (Wildman–Crippen MR) is 119 cm³/mol. The predicted octanol–water partition coefficient (Wildman–Crippen LogP) is 4.51. The van der Waals surface area contributed by atoms with Crippen molar-refractivity contribution in [2.75, 3.05) is 33.9 Å². The van der Waals surface area contributed by atoms with Gasteiger partial charge in [-0.05, 0) is 30.7 Å². The molecule has 0 unspecified atom stereocenters. The lowest BCUT2D eigenvalue weighted by Crippen LogP contribution is -2.43. The molecule has 0 atom stereocenters. The minimum absolute atomic E-state index is 0. The van der Waals surface area contributed by atoms with Crippen LogP contribution in [0.3, 0.4) is 0 Å². The van der Waals surface area contributed by atoms with Gasteiger partial charge < -0.3 is 20.1 Å². The van der Waals surface area contributed by atoms with Crippen LogP contribution < -0.4 is 15.4 Å². The second-order valence-electron chi connectivity index (χ2n) is 7.24. The second kappa shape index (κ2) is 12.5. The first-order valence-corrected chi connectivity index (χ1v) is 9.58. The summed E-state index contributed by atoms with van der Waals surface area (Å²) in [5.41, 5.74) is 0.853. The number of para-hydroxylation sites is 1. The molecular formula is C20H31F3IN3O2. The van der Waals surface area contributed by atoms with E-state index in [1.807, 2.05) is 0 Å². The van der Waals surface area contributed by atoms with E-state index in [9.17, 15) is 13.2 Å². The third kappa shape index (κ3) is 8.98. The summed E-state index contributed by atoms with van der Waals surface area (Å²) < 4.78 is 47.5. The first-order chi connectivity index (χ1) is 13.4. The third-order valence-corrected chi connectivity index (χ3v) is 5.17. The number of guanidine groups is 1. The number of ether oxygens (including phenoxy) is 2. The molecule has 1 saturated carbocycles. The van der Waals surface area contributed by atoms with Crippen molar-refractivity contribution in [3.05, 3.63) is 29.8 Å². The van der Waals surface area contributed by atoms with E-state index in [4.69, 9.17) is 9.47 Å². The minimum atomic E-state index is -4.37. The van der Waals surface area contributed by atoms with E-state index in [0.29, 0.717) is 18.1 Å². The van der Waals surface area contributed by atoms with E-state index < -0.39 is 12.8 Å². The molecule has 1 aliphatic rings. The van der Waals surface area contributed by atoms with Gasteiger partial charge in [0, 0.05) is 39.4 Å². The van der Waals surface area contributed by atoms with Gasteiger partial charge in [-0.1, -0.05) is 31.0 Å². The third-order valence-electron chi connectivity index (χ3n) is 5.17. The molecule has 29 heavy (non-hydrogen) atoms. The van der Waals surface area contributed by atoms with Crippen LogP contribution in [0.15, 0.2) is 29.3 Å². The summed E-state index contributed by atoms with van der Waals surface area (Å²) in [4.78, 5) is 4.23. The maximum absolute atomic E-state index is 12.4. The van der Waals surface area contributed by atoms with Crippen LogP contribution >= 0.6 is 24.0 Å². The summed E-state index contributed by atoms with van der Waals surface area (Å²) >= 11 is 0. The zero-order valence-electron chi connectivity index (χ0n) is 17.0. The minimum Gasteiger partial charge on any atom is -0.484 e. The van der Waals surface area contributed by atoms with Crippen LogP contribution in [0.2, 0.25) is 0 Å². The van der Waals surface area contributed by atoms with Crippen molar-refractivity contribution in [2.24, 2.45) is 10.4 Å². The molecule has 166 valence electrons. The molecule has 2 N–H and O–H groups in total. The fourth-order valence-electron chi connectivity index (χ4n) is 3.58. The number of hydrogen-bond acceptors (Lipinski definition) is 3. The van der Waals surface area contributed by atoms with Gasteiger partial charge >= 0.3 is 6.18 Å². The zero-order valence-corrected chi connectivity index (χ0v) is 19.3. The topological polar surface area (TPSA) is 54.9 Å². The second-order valence-corrected chi connectivity index (χ2v) is 7.24. The molecule has 2 rings (SSSR count). The van der Waals surface area contributed by atoms with Crippen molar-refractivity contribution >= 4 is 29.9 Å².